The van der Waals surface area contributed by atoms with Gasteiger partial charge in [0, 0.05) is 39.2 Å². The van der Waals surface area contributed by atoms with E-state index in [4.69, 9.17) is 14.2 Å². The van der Waals surface area contributed by atoms with Gasteiger partial charge in [-0.3, -0.25) is 24.1 Å². The van der Waals surface area contributed by atoms with Crippen LogP contribution >= 0.6 is 11.8 Å². The number of imide groups is 1. The molecule has 0 saturated carbocycles. The molecule has 0 aromatic heterocycles. The van der Waals surface area contributed by atoms with Gasteiger partial charge in [-0.15, -0.1) is 11.8 Å². The zero-order valence-corrected chi connectivity index (χ0v) is 21.8. The molecule has 200 valence electrons. The summed E-state index contributed by atoms with van der Waals surface area (Å²) in [4.78, 5) is 62.9. The smallest absolute Gasteiger partial charge is 0.328 e. The van der Waals surface area contributed by atoms with E-state index < -0.39 is 17.3 Å². The highest BCUT2D eigenvalue weighted by molar-refractivity contribution is 8.00. The Kier molecular flexibility index (Phi) is 15.2. The minimum absolute atomic E-state index is 0.0475. The summed E-state index contributed by atoms with van der Waals surface area (Å²) in [6, 6.07) is -0.809. The largest absolute Gasteiger partial charge is 0.464 e. The van der Waals surface area contributed by atoms with Gasteiger partial charge in [-0.2, -0.15) is 0 Å². The first-order chi connectivity index (χ1) is 16.7. The second-order valence-electron chi connectivity index (χ2n) is 7.80. The highest BCUT2D eigenvalue weighted by Crippen LogP contribution is 2.25. The lowest BCUT2D eigenvalue weighted by molar-refractivity contribution is -0.153. The number of likely N-dealkylation sites (N-methyl/N-ethyl adjacent to an activating group) is 2. The van der Waals surface area contributed by atoms with Gasteiger partial charge in [0.1, 0.15) is 12.6 Å². The highest BCUT2D eigenvalue weighted by Gasteiger charge is 2.38. The van der Waals surface area contributed by atoms with E-state index in [0.29, 0.717) is 25.6 Å². The van der Waals surface area contributed by atoms with Crippen molar-refractivity contribution in [1.82, 2.24) is 20.4 Å². The number of carbonyl (C=O) groups excluding carboxylic acids is 5. The van der Waals surface area contributed by atoms with Gasteiger partial charge in [0.05, 0.1) is 44.6 Å². The maximum absolute atomic E-state index is 12.5. The zero-order chi connectivity index (χ0) is 26.2. The average molecular weight is 519 g/mol. The first kappa shape index (κ1) is 30.8. The molecular weight excluding hydrogens is 480 g/mol. The third-order valence-corrected chi connectivity index (χ3v) is 6.54. The number of rotatable bonds is 18. The van der Waals surface area contributed by atoms with Gasteiger partial charge in [0.25, 0.3) is 0 Å². The van der Waals surface area contributed by atoms with Crippen LogP contribution in [-0.2, 0) is 38.2 Å². The molecule has 1 heterocycles. The van der Waals surface area contributed by atoms with Crippen LogP contribution in [0.3, 0.4) is 0 Å². The lowest BCUT2D eigenvalue weighted by Crippen LogP contribution is -2.41. The number of likely N-dealkylation sites (tertiary alicyclic amines) is 1. The fourth-order valence-corrected chi connectivity index (χ4v) is 4.11. The first-order valence-electron chi connectivity index (χ1n) is 11.6. The number of hydrogen-bond donors (Lipinski definition) is 2. The predicted octanol–water partition coefficient (Wildman–Crippen LogP) is -0.984. The van der Waals surface area contributed by atoms with Crippen LogP contribution in [0.25, 0.3) is 0 Å². The van der Waals surface area contributed by atoms with Gasteiger partial charge < -0.3 is 29.7 Å². The van der Waals surface area contributed by atoms with E-state index >= 15 is 0 Å². The van der Waals surface area contributed by atoms with Crippen LogP contribution in [0.5, 0.6) is 0 Å². The number of carbonyl (C=O) groups is 5. The molecule has 4 amide bonds. The third-order valence-electron chi connectivity index (χ3n) is 5.33. The van der Waals surface area contributed by atoms with Crippen LogP contribution in [0.1, 0.15) is 26.2 Å². The first-order valence-corrected chi connectivity index (χ1v) is 12.7. The second-order valence-corrected chi connectivity index (χ2v) is 9.11. The van der Waals surface area contributed by atoms with Crippen LogP contribution in [-0.4, -0.2) is 124 Å². The Labute approximate surface area is 210 Å². The van der Waals surface area contributed by atoms with E-state index in [1.807, 2.05) is 7.05 Å². The maximum Gasteiger partial charge on any atom is 0.328 e. The van der Waals surface area contributed by atoms with Gasteiger partial charge >= 0.3 is 5.97 Å². The maximum atomic E-state index is 12.5. The van der Waals surface area contributed by atoms with Crippen LogP contribution in [0, 0.1) is 0 Å². The van der Waals surface area contributed by atoms with Gasteiger partial charge in [-0.1, -0.05) is 0 Å². The van der Waals surface area contributed by atoms with E-state index in [2.05, 4.69) is 10.6 Å². The summed E-state index contributed by atoms with van der Waals surface area (Å²) in [6.45, 7) is 4.07. The number of nitrogens with one attached hydrogen (secondary N) is 2. The number of esters is 1. The van der Waals surface area contributed by atoms with E-state index in [1.54, 1.807) is 6.92 Å². The molecule has 1 fully saturated rings. The Balaban J connectivity index is 2.29. The summed E-state index contributed by atoms with van der Waals surface area (Å²) in [7, 11) is 4.82. The Morgan fingerprint density at radius 3 is 2.43 bits per heavy atom. The van der Waals surface area contributed by atoms with E-state index in [9.17, 15) is 24.0 Å². The fourth-order valence-electron chi connectivity index (χ4n) is 3.00. The second kappa shape index (κ2) is 17.2. The summed E-state index contributed by atoms with van der Waals surface area (Å²) in [5, 5.41) is 4.87. The third kappa shape index (κ3) is 11.4. The molecule has 35 heavy (non-hydrogen) atoms. The van der Waals surface area contributed by atoms with Crippen molar-refractivity contribution in [2.45, 2.75) is 37.5 Å². The van der Waals surface area contributed by atoms with Gasteiger partial charge in [0.2, 0.25) is 23.6 Å². The Morgan fingerprint density at radius 2 is 1.77 bits per heavy atom. The molecular formula is C22H38N4O8S. The molecule has 1 unspecified atom stereocenters. The van der Waals surface area contributed by atoms with Crippen molar-refractivity contribution in [2.75, 3.05) is 73.0 Å². The van der Waals surface area contributed by atoms with Crippen molar-refractivity contribution in [3.8, 4) is 0 Å². The average Bonchev–Trinajstić information content (AvgIpc) is 3.11. The quantitative estimate of drug-likeness (QED) is 0.132. The molecule has 1 aliphatic heterocycles. The summed E-state index contributed by atoms with van der Waals surface area (Å²) < 4.78 is 15.8. The highest BCUT2D eigenvalue weighted by atomic mass is 32.2. The summed E-state index contributed by atoms with van der Waals surface area (Å²) in [6.07, 6.45) is 0.242. The van der Waals surface area contributed by atoms with Crippen molar-refractivity contribution < 1.29 is 38.2 Å². The number of amides is 4. The van der Waals surface area contributed by atoms with E-state index in [0.717, 1.165) is 6.54 Å². The van der Waals surface area contributed by atoms with E-state index in [-0.39, 0.29) is 62.6 Å². The number of thioether (sulfide) groups is 1. The molecule has 0 aromatic rings. The monoisotopic (exact) mass is 518 g/mol. The summed E-state index contributed by atoms with van der Waals surface area (Å²) in [5.41, 5.74) is 0. The number of ether oxygens (including phenoxy) is 3. The van der Waals surface area contributed by atoms with Gasteiger partial charge in [-0.05, 0) is 14.0 Å². The Hall–Kier alpha value is -2.22. The normalized spacial score (nSPS) is 16.3. The molecule has 2 N–H and O–H groups in total. The van der Waals surface area contributed by atoms with Crippen molar-refractivity contribution in [2.24, 2.45) is 0 Å². The molecule has 13 heteroatoms. The van der Waals surface area contributed by atoms with Gasteiger partial charge in [0.15, 0.2) is 0 Å². The molecule has 0 spiro atoms. The van der Waals surface area contributed by atoms with Crippen LogP contribution in [0.15, 0.2) is 0 Å². The number of nitrogens with zero attached hydrogens (tertiary/aromatic N) is 2. The van der Waals surface area contributed by atoms with Crippen molar-refractivity contribution >= 4 is 41.4 Å². The van der Waals surface area contributed by atoms with Crippen LogP contribution in [0.2, 0.25) is 0 Å². The molecule has 2 atom stereocenters. The molecule has 0 radical (unpaired) electrons. The minimum atomic E-state index is -0.809. The summed E-state index contributed by atoms with van der Waals surface area (Å²) >= 11 is 1.25. The molecule has 0 aromatic carbocycles. The SMILES string of the molecule is CNCCOCCOCCN1C(=O)CC(SCCC(=O)N(C)[C@@H](C)C(=O)OCCC(=O)NC)C1=O. The van der Waals surface area contributed by atoms with Crippen LogP contribution < -0.4 is 10.6 Å². The van der Waals surface area contributed by atoms with Crippen molar-refractivity contribution in [3.63, 3.8) is 0 Å². The van der Waals surface area contributed by atoms with E-state index in [1.165, 1.54) is 35.7 Å². The Bertz CT molecular complexity index is 724. The molecule has 0 aliphatic carbocycles. The van der Waals surface area contributed by atoms with Crippen molar-refractivity contribution in [3.05, 3.63) is 0 Å². The molecule has 0 bridgehead atoms. The minimum Gasteiger partial charge on any atom is -0.464 e. The zero-order valence-electron chi connectivity index (χ0n) is 21.0. The topological polar surface area (TPSA) is 144 Å². The van der Waals surface area contributed by atoms with Gasteiger partial charge in [-0.25, -0.2) is 4.79 Å². The predicted molar refractivity (Wildman–Crippen MR) is 130 cm³/mol. The fraction of sp³-hybridized carbons (Fsp3) is 0.773. The molecule has 1 saturated heterocycles. The lowest BCUT2D eigenvalue weighted by atomic mass is 10.3. The number of hydrogen-bond acceptors (Lipinski definition) is 10. The molecule has 1 rings (SSSR count). The van der Waals surface area contributed by atoms with Crippen molar-refractivity contribution in [1.29, 1.82) is 0 Å². The molecule has 12 nitrogen and oxygen atoms in total. The molecule has 1 aliphatic rings. The standard InChI is InChI=1S/C22H38N4O8S/c1-16(22(31)34-9-5-18(27)24-3)25(4)19(28)6-14-35-17-15-20(29)26(21(17)30)8-11-33-13-12-32-10-7-23-2/h16-17,23H,5-15H2,1-4H3,(H,24,27)/t16-,17?/m0/s1. The summed E-state index contributed by atoms with van der Waals surface area (Å²) in [5.74, 6) is -1.33. The Morgan fingerprint density at radius 1 is 1.09 bits per heavy atom. The lowest BCUT2D eigenvalue weighted by Gasteiger charge is -2.23. The van der Waals surface area contributed by atoms with Crippen LogP contribution in [0.4, 0.5) is 0 Å².